The molecule has 0 spiro atoms. The maximum Gasteiger partial charge on any atom is 0.234 e. The van der Waals surface area contributed by atoms with Gasteiger partial charge < -0.3 is 16.0 Å². The van der Waals surface area contributed by atoms with Crippen LogP contribution in [0.2, 0.25) is 0 Å². The second-order valence-corrected chi connectivity index (χ2v) is 8.99. The molecule has 154 valence electrons. The molecule has 1 aliphatic carbocycles. The highest BCUT2D eigenvalue weighted by molar-refractivity contribution is 8.01. The number of hydrogen-bond acceptors (Lipinski definition) is 7. The van der Waals surface area contributed by atoms with Crippen molar-refractivity contribution >= 4 is 57.3 Å². The summed E-state index contributed by atoms with van der Waals surface area (Å²) in [6.45, 7) is 1.44. The van der Waals surface area contributed by atoms with Gasteiger partial charge in [0.2, 0.25) is 22.9 Å². The van der Waals surface area contributed by atoms with Crippen molar-refractivity contribution in [1.82, 2.24) is 10.2 Å². The molecule has 3 amide bonds. The molecule has 2 aromatic rings. The van der Waals surface area contributed by atoms with Crippen molar-refractivity contribution in [3.05, 3.63) is 24.3 Å². The van der Waals surface area contributed by atoms with Crippen LogP contribution in [0.1, 0.15) is 39.0 Å². The van der Waals surface area contributed by atoms with E-state index in [0.29, 0.717) is 20.8 Å². The van der Waals surface area contributed by atoms with Crippen LogP contribution in [0.5, 0.6) is 0 Å². The van der Waals surface area contributed by atoms with E-state index in [-0.39, 0.29) is 29.4 Å². The first-order valence-corrected chi connectivity index (χ1v) is 11.2. The van der Waals surface area contributed by atoms with Gasteiger partial charge in [-0.2, -0.15) is 0 Å². The predicted octanol–water partition coefficient (Wildman–Crippen LogP) is 3.75. The minimum absolute atomic E-state index is 0.0119. The van der Waals surface area contributed by atoms with Crippen LogP contribution in [0, 0.1) is 5.92 Å². The number of hydrogen-bond donors (Lipinski definition) is 3. The van der Waals surface area contributed by atoms with Crippen molar-refractivity contribution in [2.75, 3.05) is 21.7 Å². The topological polar surface area (TPSA) is 113 Å². The lowest BCUT2D eigenvalue weighted by molar-refractivity contribution is -0.120. The molecule has 1 saturated carbocycles. The van der Waals surface area contributed by atoms with E-state index < -0.39 is 0 Å². The van der Waals surface area contributed by atoms with Gasteiger partial charge >= 0.3 is 0 Å². The Bertz CT molecular complexity index is 863. The number of amides is 3. The summed E-state index contributed by atoms with van der Waals surface area (Å²) < 4.78 is 0.625. The van der Waals surface area contributed by atoms with Gasteiger partial charge in [-0.3, -0.25) is 14.4 Å². The van der Waals surface area contributed by atoms with Crippen molar-refractivity contribution in [3.63, 3.8) is 0 Å². The molecule has 29 heavy (non-hydrogen) atoms. The Balaban J connectivity index is 1.43. The minimum Gasteiger partial charge on any atom is -0.326 e. The fourth-order valence-corrected chi connectivity index (χ4v) is 4.61. The summed E-state index contributed by atoms with van der Waals surface area (Å²) in [6, 6.07) is 6.88. The highest BCUT2D eigenvalue weighted by atomic mass is 32.2. The second-order valence-electron chi connectivity index (χ2n) is 6.79. The number of anilines is 3. The average Bonchev–Trinajstić information content (AvgIpc) is 3.15. The molecule has 0 atom stereocenters. The van der Waals surface area contributed by atoms with Gasteiger partial charge in [0.25, 0.3) is 0 Å². The Labute approximate surface area is 177 Å². The third-order valence-electron chi connectivity index (χ3n) is 4.43. The fourth-order valence-electron chi connectivity index (χ4n) is 3.06. The van der Waals surface area contributed by atoms with Gasteiger partial charge in [-0.25, -0.2) is 0 Å². The average molecular weight is 434 g/mol. The lowest BCUT2D eigenvalue weighted by Crippen LogP contribution is -2.24. The number of aromatic nitrogens is 2. The van der Waals surface area contributed by atoms with Gasteiger partial charge in [0.1, 0.15) is 0 Å². The normalized spacial score (nSPS) is 14.2. The van der Waals surface area contributed by atoms with Crippen molar-refractivity contribution in [2.45, 2.75) is 43.4 Å². The molecule has 1 fully saturated rings. The van der Waals surface area contributed by atoms with Crippen LogP contribution in [0.15, 0.2) is 28.6 Å². The largest absolute Gasteiger partial charge is 0.326 e. The van der Waals surface area contributed by atoms with Crippen LogP contribution in [0.4, 0.5) is 16.5 Å². The van der Waals surface area contributed by atoms with E-state index >= 15 is 0 Å². The molecule has 0 saturated heterocycles. The molecule has 10 heteroatoms. The molecule has 0 bridgehead atoms. The Morgan fingerprint density at radius 2 is 1.66 bits per heavy atom. The minimum atomic E-state index is -0.176. The van der Waals surface area contributed by atoms with E-state index in [0.717, 1.165) is 25.7 Å². The number of benzene rings is 1. The van der Waals surface area contributed by atoms with Crippen molar-refractivity contribution in [3.8, 4) is 0 Å². The van der Waals surface area contributed by atoms with E-state index in [4.69, 9.17) is 0 Å². The summed E-state index contributed by atoms with van der Waals surface area (Å²) >= 11 is 2.54. The molecule has 3 rings (SSSR count). The summed E-state index contributed by atoms with van der Waals surface area (Å²) in [4.78, 5) is 35.4. The first-order chi connectivity index (χ1) is 14.0. The van der Waals surface area contributed by atoms with E-state index in [1.165, 1.54) is 36.4 Å². The third kappa shape index (κ3) is 6.82. The van der Waals surface area contributed by atoms with E-state index in [9.17, 15) is 14.4 Å². The van der Waals surface area contributed by atoms with Gasteiger partial charge in [-0.1, -0.05) is 42.4 Å². The van der Waals surface area contributed by atoms with E-state index in [1.54, 1.807) is 24.3 Å². The number of thioether (sulfide) groups is 1. The second kappa shape index (κ2) is 10.4. The molecular weight excluding hydrogens is 410 g/mol. The Morgan fingerprint density at radius 3 is 2.31 bits per heavy atom. The van der Waals surface area contributed by atoms with Gasteiger partial charge in [-0.05, 0) is 37.1 Å². The highest BCUT2D eigenvalue weighted by Crippen LogP contribution is 2.28. The molecular formula is C19H23N5O3S2. The summed E-state index contributed by atoms with van der Waals surface area (Å²) in [5, 5.41) is 16.8. The lowest BCUT2D eigenvalue weighted by Gasteiger charge is -2.19. The fraction of sp³-hybridized carbons (Fsp3) is 0.421. The van der Waals surface area contributed by atoms with Crippen molar-refractivity contribution < 1.29 is 14.4 Å². The highest BCUT2D eigenvalue weighted by Gasteiger charge is 2.22. The van der Waals surface area contributed by atoms with Crippen LogP contribution in [-0.2, 0) is 14.4 Å². The van der Waals surface area contributed by atoms with E-state index in [2.05, 4.69) is 26.1 Å². The van der Waals surface area contributed by atoms with Gasteiger partial charge in [0, 0.05) is 24.2 Å². The third-order valence-corrected chi connectivity index (χ3v) is 6.40. The Kier molecular flexibility index (Phi) is 7.59. The molecule has 0 radical (unpaired) electrons. The van der Waals surface area contributed by atoms with Crippen LogP contribution in [-0.4, -0.2) is 33.7 Å². The Morgan fingerprint density at radius 1 is 1.00 bits per heavy atom. The number of carbonyl (C=O) groups excluding carboxylic acids is 3. The first-order valence-electron chi connectivity index (χ1n) is 9.44. The molecule has 1 aromatic carbocycles. The number of nitrogens with zero attached hydrogens (tertiary/aromatic N) is 2. The molecule has 0 unspecified atom stereocenters. The first kappa shape index (κ1) is 21.3. The smallest absolute Gasteiger partial charge is 0.234 e. The molecule has 1 aromatic heterocycles. The molecule has 8 nitrogen and oxygen atoms in total. The summed E-state index contributed by atoms with van der Waals surface area (Å²) in [6.07, 6.45) is 5.25. The molecule has 3 N–H and O–H groups in total. The SMILES string of the molecule is CC(=O)Nc1ccc(NC(=O)CSc2nnc(NC(=O)C3CCCCC3)s2)cc1. The zero-order valence-corrected chi connectivity index (χ0v) is 17.7. The van der Waals surface area contributed by atoms with Crippen LogP contribution in [0.25, 0.3) is 0 Å². The number of carbonyl (C=O) groups is 3. The maximum atomic E-state index is 12.3. The molecule has 1 heterocycles. The van der Waals surface area contributed by atoms with Crippen LogP contribution < -0.4 is 16.0 Å². The Hall–Kier alpha value is -2.46. The summed E-state index contributed by atoms with van der Waals surface area (Å²) in [7, 11) is 0. The number of nitrogens with one attached hydrogen (secondary N) is 3. The quantitative estimate of drug-likeness (QED) is 0.453. The molecule has 0 aliphatic heterocycles. The monoisotopic (exact) mass is 433 g/mol. The maximum absolute atomic E-state index is 12.3. The predicted molar refractivity (Wildman–Crippen MR) is 115 cm³/mol. The number of rotatable bonds is 7. The lowest BCUT2D eigenvalue weighted by atomic mass is 9.89. The van der Waals surface area contributed by atoms with Gasteiger partial charge in [0.05, 0.1) is 5.75 Å². The standard InChI is InChI=1S/C19H23N5O3S2/c1-12(25)20-14-7-9-15(10-8-14)21-16(26)11-28-19-24-23-18(29-19)22-17(27)13-5-3-2-4-6-13/h7-10,13H,2-6,11H2,1H3,(H,20,25)(H,21,26)(H,22,23,27). The van der Waals surface area contributed by atoms with Crippen LogP contribution in [0.3, 0.4) is 0 Å². The summed E-state index contributed by atoms with van der Waals surface area (Å²) in [5.41, 5.74) is 1.31. The zero-order valence-electron chi connectivity index (χ0n) is 16.1. The van der Waals surface area contributed by atoms with Gasteiger partial charge in [-0.15, -0.1) is 10.2 Å². The van der Waals surface area contributed by atoms with E-state index in [1.807, 2.05) is 0 Å². The van der Waals surface area contributed by atoms with Gasteiger partial charge in [0.15, 0.2) is 4.34 Å². The van der Waals surface area contributed by atoms with Crippen LogP contribution >= 0.6 is 23.1 Å². The van der Waals surface area contributed by atoms with Crippen molar-refractivity contribution in [1.29, 1.82) is 0 Å². The van der Waals surface area contributed by atoms with Crippen molar-refractivity contribution in [2.24, 2.45) is 5.92 Å². The molecule has 1 aliphatic rings. The zero-order chi connectivity index (χ0) is 20.6. The summed E-state index contributed by atoms with van der Waals surface area (Å²) in [5.74, 6) is -0.0715.